The van der Waals surface area contributed by atoms with Crippen LogP contribution in [0, 0.1) is 56.1 Å². The predicted octanol–water partition coefficient (Wildman–Crippen LogP) is 8.62. The Balaban J connectivity index is 1.59. The number of pyridine rings is 1. The monoisotopic (exact) mass is 753 g/mol. The lowest BCUT2D eigenvalue weighted by molar-refractivity contribution is -0.139. The quantitative estimate of drug-likeness (QED) is 0.143. The highest BCUT2D eigenvalue weighted by atomic mass is 19.4. The van der Waals surface area contributed by atoms with Gasteiger partial charge >= 0.3 is 12.1 Å². The fourth-order valence-corrected chi connectivity index (χ4v) is 7.91. The van der Waals surface area contributed by atoms with E-state index in [9.17, 15) is 32.7 Å². The van der Waals surface area contributed by atoms with Gasteiger partial charge in [-0.3, -0.25) is 14.4 Å². The minimum atomic E-state index is -4.82. The van der Waals surface area contributed by atoms with Crippen molar-refractivity contribution in [3.05, 3.63) is 91.4 Å². The second-order valence-corrected chi connectivity index (χ2v) is 15.4. The van der Waals surface area contributed by atoms with Crippen molar-refractivity contribution < 1.29 is 36.6 Å². The van der Waals surface area contributed by atoms with Crippen LogP contribution in [0.1, 0.15) is 116 Å². The van der Waals surface area contributed by atoms with Crippen LogP contribution in [0.15, 0.2) is 35.3 Å². The van der Waals surface area contributed by atoms with E-state index in [-0.39, 0.29) is 29.0 Å². The predicted molar refractivity (Wildman–Crippen MR) is 197 cm³/mol. The smallest absolute Gasteiger partial charge is 0.416 e. The number of nitrogens with zero attached hydrogens (tertiary/aromatic N) is 2. The summed E-state index contributed by atoms with van der Waals surface area (Å²) in [5.74, 6) is 0.390. The number of likely N-dealkylation sites (tertiary alicyclic amines) is 1. The van der Waals surface area contributed by atoms with Gasteiger partial charge in [-0.1, -0.05) is 37.5 Å². The average molecular weight is 754 g/mol. The first-order chi connectivity index (χ1) is 25.4. The van der Waals surface area contributed by atoms with Gasteiger partial charge in [0.25, 0.3) is 5.56 Å². The summed E-state index contributed by atoms with van der Waals surface area (Å²) in [7, 11) is 0. The summed E-state index contributed by atoms with van der Waals surface area (Å²) in [6.07, 6.45) is -1.49. The summed E-state index contributed by atoms with van der Waals surface area (Å²) in [6.45, 7) is 12.5. The standard InChI is InChI=1S/C42H48F5N3O4/c1-7-8-29-18-30(37-25(5)16-24(4)17-26(37)6)40(44)38(39(29)43)33(20-36(52)53)48-41(54)34(15-23(2)3)50-22-31(32(19-35(50)51)42(45,46)47)28-11-13-49(14-12-28)21-27-9-10-27/h16-19,22-23,27-28,33-34H,9-15,20-21H2,1-6H3,(H,48,54)(H,52,53)/t33-,34+/m1/s1. The number of halogens is 5. The molecule has 1 amide bonds. The lowest BCUT2D eigenvalue weighted by Gasteiger charge is -2.34. The Hall–Kier alpha value is -4.50. The number of hydrogen-bond acceptors (Lipinski definition) is 4. The van der Waals surface area contributed by atoms with Gasteiger partial charge < -0.3 is 19.9 Å². The number of hydrogen-bond donors (Lipinski definition) is 2. The Bertz CT molecular complexity index is 2010. The van der Waals surface area contributed by atoms with E-state index in [0.717, 1.165) is 35.7 Å². The molecule has 1 aliphatic carbocycles. The van der Waals surface area contributed by atoms with Gasteiger partial charge in [0, 0.05) is 29.9 Å². The molecule has 1 aromatic heterocycles. The second-order valence-electron chi connectivity index (χ2n) is 15.4. The number of aryl methyl sites for hydroxylation is 3. The molecule has 3 aromatic rings. The largest absolute Gasteiger partial charge is 0.481 e. The molecule has 2 atom stereocenters. The lowest BCUT2D eigenvalue weighted by Crippen LogP contribution is -2.41. The number of piperidine rings is 1. The zero-order valence-electron chi connectivity index (χ0n) is 31.6. The van der Waals surface area contributed by atoms with Gasteiger partial charge in [-0.2, -0.15) is 13.2 Å². The third kappa shape index (κ3) is 9.23. The molecule has 2 heterocycles. The van der Waals surface area contributed by atoms with Gasteiger partial charge in [0.15, 0.2) is 0 Å². The first kappa shape index (κ1) is 40.7. The molecular formula is C42H48F5N3O4. The Morgan fingerprint density at radius 2 is 1.61 bits per heavy atom. The summed E-state index contributed by atoms with van der Waals surface area (Å²) in [4.78, 5) is 42.3. The zero-order chi connectivity index (χ0) is 39.6. The first-order valence-corrected chi connectivity index (χ1v) is 18.5. The van der Waals surface area contributed by atoms with Gasteiger partial charge in [-0.15, -0.1) is 5.92 Å². The number of benzene rings is 2. The minimum absolute atomic E-state index is 0.0323. The molecule has 54 heavy (non-hydrogen) atoms. The van der Waals surface area contributed by atoms with Gasteiger partial charge in [0.1, 0.15) is 17.7 Å². The number of carbonyl (C=O) groups is 2. The van der Waals surface area contributed by atoms with Crippen molar-refractivity contribution in [1.82, 2.24) is 14.8 Å². The van der Waals surface area contributed by atoms with Crippen LogP contribution in [0.25, 0.3) is 11.1 Å². The van der Waals surface area contributed by atoms with E-state index in [4.69, 9.17) is 0 Å². The zero-order valence-corrected chi connectivity index (χ0v) is 31.6. The fourth-order valence-electron chi connectivity index (χ4n) is 7.91. The molecule has 290 valence electrons. The van der Waals surface area contributed by atoms with Crippen molar-refractivity contribution in [3.8, 4) is 23.0 Å². The van der Waals surface area contributed by atoms with Gasteiger partial charge in [-0.05, 0) is 119 Å². The minimum Gasteiger partial charge on any atom is -0.481 e. The number of rotatable bonds is 12. The summed E-state index contributed by atoms with van der Waals surface area (Å²) >= 11 is 0. The number of carboxylic acid groups (broad SMARTS) is 1. The molecule has 0 radical (unpaired) electrons. The van der Waals surface area contributed by atoms with Crippen molar-refractivity contribution in [3.63, 3.8) is 0 Å². The highest BCUT2D eigenvalue weighted by Crippen LogP contribution is 2.41. The van der Waals surface area contributed by atoms with E-state index in [0.29, 0.717) is 54.6 Å². The topological polar surface area (TPSA) is 91.6 Å². The van der Waals surface area contributed by atoms with E-state index in [2.05, 4.69) is 22.1 Å². The first-order valence-electron chi connectivity index (χ1n) is 18.5. The third-order valence-electron chi connectivity index (χ3n) is 10.5. The molecule has 0 spiro atoms. The molecule has 0 bridgehead atoms. The van der Waals surface area contributed by atoms with Gasteiger partial charge in [0.05, 0.1) is 23.6 Å². The molecule has 5 rings (SSSR count). The number of alkyl halides is 3. The SMILES string of the molecule is CC#Cc1cc(-c2c(C)cc(C)cc2C)c(F)c([C@@H](CC(=O)O)NC(=O)[C@H](CC(C)C)n2cc(C3CCN(CC4CC4)CC3)c(C(F)(F)F)cc2=O)c1F. The lowest BCUT2D eigenvalue weighted by atomic mass is 9.87. The van der Waals surface area contributed by atoms with Crippen LogP contribution in [-0.4, -0.2) is 46.1 Å². The van der Waals surface area contributed by atoms with Crippen LogP contribution < -0.4 is 10.9 Å². The number of aliphatic carboxylic acids is 1. The number of aromatic nitrogens is 1. The Kier molecular flexibility index (Phi) is 12.4. The van der Waals surface area contributed by atoms with Crippen LogP contribution in [0.2, 0.25) is 0 Å². The van der Waals surface area contributed by atoms with Crippen LogP contribution in [0.3, 0.4) is 0 Å². The van der Waals surface area contributed by atoms with Crippen LogP contribution in [-0.2, 0) is 15.8 Å². The van der Waals surface area contributed by atoms with Crippen molar-refractivity contribution >= 4 is 11.9 Å². The third-order valence-corrected chi connectivity index (χ3v) is 10.5. The number of carbonyl (C=O) groups excluding carboxylic acids is 1. The maximum atomic E-state index is 16.8. The van der Waals surface area contributed by atoms with Crippen molar-refractivity contribution in [2.75, 3.05) is 19.6 Å². The fraction of sp³-hybridized carbons (Fsp3) is 0.500. The molecule has 7 nitrogen and oxygen atoms in total. The average Bonchev–Trinajstić information content (AvgIpc) is 3.89. The van der Waals surface area contributed by atoms with Crippen molar-refractivity contribution in [1.29, 1.82) is 0 Å². The summed E-state index contributed by atoms with van der Waals surface area (Å²) < 4.78 is 77.3. The van der Waals surface area contributed by atoms with Gasteiger partial charge in [0.2, 0.25) is 5.91 Å². The molecule has 0 unspecified atom stereocenters. The Morgan fingerprint density at radius 1 is 0.981 bits per heavy atom. The van der Waals surface area contributed by atoms with E-state index in [1.54, 1.807) is 27.7 Å². The van der Waals surface area contributed by atoms with Gasteiger partial charge in [-0.25, -0.2) is 8.78 Å². The second kappa shape index (κ2) is 16.5. The maximum absolute atomic E-state index is 16.8. The van der Waals surface area contributed by atoms with E-state index >= 15 is 8.78 Å². The molecule has 12 heteroatoms. The van der Waals surface area contributed by atoms with E-state index in [1.165, 1.54) is 13.0 Å². The molecule has 1 saturated heterocycles. The highest BCUT2D eigenvalue weighted by molar-refractivity contribution is 5.82. The molecule has 1 aliphatic heterocycles. The summed E-state index contributed by atoms with van der Waals surface area (Å²) in [5, 5.41) is 12.4. The van der Waals surface area contributed by atoms with Crippen molar-refractivity contribution in [2.45, 2.75) is 104 Å². The Morgan fingerprint density at radius 3 is 2.15 bits per heavy atom. The van der Waals surface area contributed by atoms with Crippen molar-refractivity contribution in [2.24, 2.45) is 11.8 Å². The molecule has 2 aliphatic rings. The Labute approximate surface area is 313 Å². The summed E-state index contributed by atoms with van der Waals surface area (Å²) in [6, 6.07) is 2.25. The number of nitrogens with one attached hydrogen (secondary N) is 1. The molecule has 2 aromatic carbocycles. The maximum Gasteiger partial charge on any atom is 0.416 e. The van der Waals surface area contributed by atoms with E-state index in [1.807, 2.05) is 19.1 Å². The molecule has 1 saturated carbocycles. The number of amides is 1. The van der Waals surface area contributed by atoms with Crippen LogP contribution >= 0.6 is 0 Å². The summed E-state index contributed by atoms with van der Waals surface area (Å²) in [5.41, 5.74) is -0.440. The van der Waals surface area contributed by atoms with E-state index < -0.39 is 70.8 Å². The molecule has 2 N–H and O–H groups in total. The number of carboxylic acids is 1. The van der Waals surface area contributed by atoms with Crippen LogP contribution in [0.4, 0.5) is 22.0 Å². The van der Waals surface area contributed by atoms with Crippen LogP contribution in [0.5, 0.6) is 0 Å². The molecular weight excluding hydrogens is 705 g/mol. The normalized spacial score (nSPS) is 16.5. The molecule has 2 fully saturated rings. The highest BCUT2D eigenvalue weighted by Gasteiger charge is 2.39.